The van der Waals surface area contributed by atoms with Crippen LogP contribution in [0.3, 0.4) is 0 Å². The van der Waals surface area contributed by atoms with E-state index in [4.69, 9.17) is 0 Å². The van der Waals surface area contributed by atoms with Crippen molar-refractivity contribution in [2.45, 2.75) is 18.8 Å². The van der Waals surface area contributed by atoms with Gasteiger partial charge in [-0.25, -0.2) is 9.78 Å². The monoisotopic (exact) mass is 294 g/mol. The van der Waals surface area contributed by atoms with Crippen molar-refractivity contribution in [3.63, 3.8) is 0 Å². The van der Waals surface area contributed by atoms with Crippen LogP contribution >= 0.6 is 0 Å². The van der Waals surface area contributed by atoms with E-state index in [-0.39, 0.29) is 6.03 Å². The van der Waals surface area contributed by atoms with E-state index in [0.717, 1.165) is 35.3 Å². The first-order valence-corrected chi connectivity index (χ1v) is 7.12. The van der Waals surface area contributed by atoms with Crippen molar-refractivity contribution >= 4 is 28.6 Å². The number of anilines is 2. The number of aromatic nitrogens is 4. The summed E-state index contributed by atoms with van der Waals surface area (Å²) >= 11 is 0. The molecule has 2 amide bonds. The highest BCUT2D eigenvalue weighted by Crippen LogP contribution is 2.42. The zero-order valence-electron chi connectivity index (χ0n) is 11.7. The van der Waals surface area contributed by atoms with E-state index in [1.807, 2.05) is 18.2 Å². The molecule has 0 bridgehead atoms. The van der Waals surface area contributed by atoms with Gasteiger partial charge in [-0.3, -0.25) is 15.4 Å². The minimum absolute atomic E-state index is 0.334. The largest absolute Gasteiger partial charge is 0.324 e. The number of carbonyl (C=O) groups is 1. The van der Waals surface area contributed by atoms with Gasteiger partial charge in [0.2, 0.25) is 0 Å². The Balaban J connectivity index is 1.49. The van der Waals surface area contributed by atoms with Crippen molar-refractivity contribution in [3.8, 4) is 0 Å². The van der Waals surface area contributed by atoms with E-state index in [1.165, 1.54) is 0 Å². The number of nitrogens with one attached hydrogen (secondary N) is 3. The third-order valence-corrected chi connectivity index (χ3v) is 3.60. The maximum atomic E-state index is 12.1. The Kier molecular flexibility index (Phi) is 2.96. The Bertz CT molecular complexity index is 839. The zero-order chi connectivity index (χ0) is 14.9. The molecule has 7 heteroatoms. The van der Waals surface area contributed by atoms with Gasteiger partial charge in [0.1, 0.15) is 5.82 Å². The summed E-state index contributed by atoms with van der Waals surface area (Å²) in [5.74, 6) is 0.970. The number of hydrogen-bond acceptors (Lipinski definition) is 4. The Hall–Kier alpha value is -2.96. The summed E-state index contributed by atoms with van der Waals surface area (Å²) in [4.78, 5) is 20.6. The van der Waals surface area contributed by atoms with Gasteiger partial charge in [-0.15, -0.1) is 0 Å². The van der Waals surface area contributed by atoms with Crippen LogP contribution in [-0.4, -0.2) is 26.2 Å². The molecule has 3 N–H and O–H groups in total. The minimum atomic E-state index is -0.334. The van der Waals surface area contributed by atoms with Crippen LogP contribution in [0.4, 0.5) is 16.3 Å². The average Bonchev–Trinajstić information content (AvgIpc) is 3.27. The molecule has 1 aliphatic rings. The van der Waals surface area contributed by atoms with Crippen molar-refractivity contribution in [3.05, 3.63) is 42.4 Å². The lowest BCUT2D eigenvalue weighted by Gasteiger charge is -2.07. The molecule has 0 radical (unpaired) electrons. The normalized spacial score (nSPS) is 14.0. The van der Waals surface area contributed by atoms with Gasteiger partial charge in [-0.05, 0) is 37.1 Å². The SMILES string of the molecule is O=C(Nc1ccc2ncccc2n1)Nc1cn[nH]c1C1CC1. The number of nitrogens with zero attached hydrogens (tertiary/aromatic N) is 3. The van der Waals surface area contributed by atoms with Gasteiger partial charge in [-0.2, -0.15) is 5.10 Å². The molecule has 0 unspecified atom stereocenters. The number of H-pyrrole nitrogens is 1. The summed E-state index contributed by atoms with van der Waals surface area (Å²) in [7, 11) is 0. The van der Waals surface area contributed by atoms with E-state index in [2.05, 4.69) is 30.8 Å². The molecular weight excluding hydrogens is 280 g/mol. The summed E-state index contributed by atoms with van der Waals surface area (Å²) in [6.07, 6.45) is 5.61. The van der Waals surface area contributed by atoms with E-state index >= 15 is 0 Å². The van der Waals surface area contributed by atoms with Gasteiger partial charge in [0.05, 0.1) is 28.6 Å². The third kappa shape index (κ3) is 2.48. The molecule has 1 saturated carbocycles. The fraction of sp³-hybridized carbons (Fsp3) is 0.200. The summed E-state index contributed by atoms with van der Waals surface area (Å²) in [5, 5.41) is 12.5. The van der Waals surface area contributed by atoms with E-state index in [1.54, 1.807) is 18.5 Å². The second-order valence-corrected chi connectivity index (χ2v) is 5.29. The smallest absolute Gasteiger partial charge is 0.305 e. The van der Waals surface area contributed by atoms with Crippen LogP contribution in [0, 0.1) is 0 Å². The highest BCUT2D eigenvalue weighted by atomic mass is 16.2. The first kappa shape index (κ1) is 12.8. The summed E-state index contributed by atoms with van der Waals surface area (Å²) in [6.45, 7) is 0. The summed E-state index contributed by atoms with van der Waals surface area (Å²) < 4.78 is 0. The van der Waals surface area contributed by atoms with Gasteiger partial charge < -0.3 is 5.32 Å². The summed E-state index contributed by atoms with van der Waals surface area (Å²) in [5.41, 5.74) is 3.25. The molecule has 3 heterocycles. The lowest BCUT2D eigenvalue weighted by atomic mass is 10.2. The maximum Gasteiger partial charge on any atom is 0.324 e. The van der Waals surface area contributed by atoms with Crippen molar-refractivity contribution < 1.29 is 4.79 Å². The van der Waals surface area contributed by atoms with Crippen molar-refractivity contribution in [2.24, 2.45) is 0 Å². The van der Waals surface area contributed by atoms with Gasteiger partial charge >= 0.3 is 6.03 Å². The standard InChI is InChI=1S/C15H14N6O/c22-15(19-12-8-17-21-14(12)9-3-4-9)20-13-6-5-10-11(18-13)2-1-7-16-10/h1-2,5-9H,3-4H2,(H,17,21)(H2,18,19,20,22). The molecule has 3 aromatic heterocycles. The van der Waals surface area contributed by atoms with Crippen molar-refractivity contribution in [1.82, 2.24) is 20.2 Å². The quantitative estimate of drug-likeness (QED) is 0.692. The van der Waals surface area contributed by atoms with Crippen LogP contribution < -0.4 is 10.6 Å². The number of urea groups is 1. The third-order valence-electron chi connectivity index (χ3n) is 3.60. The number of pyridine rings is 2. The van der Waals surface area contributed by atoms with Crippen molar-refractivity contribution in [2.75, 3.05) is 10.6 Å². The van der Waals surface area contributed by atoms with Crippen molar-refractivity contribution in [1.29, 1.82) is 0 Å². The number of aromatic amines is 1. The second kappa shape index (κ2) is 5.10. The number of hydrogen-bond donors (Lipinski definition) is 3. The number of amides is 2. The van der Waals surface area contributed by atoms with E-state index in [0.29, 0.717) is 11.7 Å². The highest BCUT2D eigenvalue weighted by molar-refractivity contribution is 6.00. The molecule has 0 spiro atoms. The van der Waals surface area contributed by atoms with Gasteiger partial charge in [0.25, 0.3) is 0 Å². The maximum absolute atomic E-state index is 12.1. The number of fused-ring (bicyclic) bond motifs is 1. The first-order chi connectivity index (χ1) is 10.8. The molecule has 3 aromatic rings. The Labute approximate surface area is 126 Å². The summed E-state index contributed by atoms with van der Waals surface area (Å²) in [6, 6.07) is 6.88. The van der Waals surface area contributed by atoms with E-state index in [9.17, 15) is 4.79 Å². The molecular formula is C15H14N6O. The molecule has 4 rings (SSSR count). The predicted octanol–water partition coefficient (Wildman–Crippen LogP) is 2.87. The fourth-order valence-corrected chi connectivity index (χ4v) is 2.38. The van der Waals surface area contributed by atoms with Crippen LogP contribution in [0.1, 0.15) is 24.5 Å². The molecule has 1 aliphatic carbocycles. The first-order valence-electron chi connectivity index (χ1n) is 7.12. The molecule has 0 aliphatic heterocycles. The van der Waals surface area contributed by atoms with Crippen LogP contribution in [0.2, 0.25) is 0 Å². The predicted molar refractivity (Wildman–Crippen MR) is 82.7 cm³/mol. The van der Waals surface area contributed by atoms with Crippen LogP contribution in [0.15, 0.2) is 36.7 Å². The van der Waals surface area contributed by atoms with Crippen LogP contribution in [0.25, 0.3) is 11.0 Å². The van der Waals surface area contributed by atoms with Crippen LogP contribution in [-0.2, 0) is 0 Å². The van der Waals surface area contributed by atoms with Gasteiger partial charge in [-0.1, -0.05) is 0 Å². The topological polar surface area (TPSA) is 95.6 Å². The highest BCUT2D eigenvalue weighted by Gasteiger charge is 2.28. The lowest BCUT2D eigenvalue weighted by Crippen LogP contribution is -2.20. The Morgan fingerprint density at radius 3 is 2.95 bits per heavy atom. The molecule has 7 nitrogen and oxygen atoms in total. The van der Waals surface area contributed by atoms with Gasteiger partial charge in [0.15, 0.2) is 0 Å². The minimum Gasteiger partial charge on any atom is -0.305 e. The second-order valence-electron chi connectivity index (χ2n) is 5.29. The molecule has 110 valence electrons. The lowest BCUT2D eigenvalue weighted by molar-refractivity contribution is 0.262. The molecule has 0 aromatic carbocycles. The molecule has 0 atom stereocenters. The zero-order valence-corrected chi connectivity index (χ0v) is 11.7. The number of rotatable bonds is 3. The Morgan fingerprint density at radius 1 is 1.18 bits per heavy atom. The Morgan fingerprint density at radius 2 is 2.09 bits per heavy atom. The van der Waals surface area contributed by atoms with E-state index < -0.39 is 0 Å². The van der Waals surface area contributed by atoms with Crippen LogP contribution in [0.5, 0.6) is 0 Å². The molecule has 1 fully saturated rings. The number of carbonyl (C=O) groups excluding carboxylic acids is 1. The molecule has 22 heavy (non-hydrogen) atoms. The van der Waals surface area contributed by atoms with Gasteiger partial charge in [0, 0.05) is 12.1 Å². The molecule has 0 saturated heterocycles. The average molecular weight is 294 g/mol. The fourth-order valence-electron chi connectivity index (χ4n) is 2.38.